The highest BCUT2D eigenvalue weighted by molar-refractivity contribution is 4.99. The summed E-state index contributed by atoms with van der Waals surface area (Å²) in [5.74, 6) is 1.42. The third-order valence-electron chi connectivity index (χ3n) is 4.40. The van der Waals surface area contributed by atoms with Crippen molar-refractivity contribution >= 4 is 0 Å². The maximum atomic E-state index is 6.78. The number of nitrogens with one attached hydrogen (secondary N) is 1. The molecule has 2 heteroatoms. The summed E-state index contributed by atoms with van der Waals surface area (Å²) in [5.41, 5.74) is 0.257. The van der Waals surface area contributed by atoms with Crippen LogP contribution < -0.4 is 5.32 Å². The number of hydrogen-bond acceptors (Lipinski definition) is 2. The predicted octanol–water partition coefficient (Wildman–Crippen LogP) is 3.75. The molecule has 0 unspecified atom stereocenters. The topological polar surface area (TPSA) is 21.3 Å². The molecule has 0 aromatic heterocycles. The van der Waals surface area contributed by atoms with Gasteiger partial charge in [0, 0.05) is 13.1 Å². The Kier molecular flexibility index (Phi) is 4.38. The lowest BCUT2D eigenvalue weighted by Crippen LogP contribution is -2.60. The number of morpholine rings is 1. The third kappa shape index (κ3) is 3.27. The third-order valence-corrected chi connectivity index (χ3v) is 4.40. The van der Waals surface area contributed by atoms with Gasteiger partial charge < -0.3 is 10.1 Å². The van der Waals surface area contributed by atoms with Crippen molar-refractivity contribution in [1.29, 1.82) is 0 Å². The first-order valence-electron chi connectivity index (χ1n) is 7.86. The number of hydrogen-bond donors (Lipinski definition) is 1. The smallest absolute Gasteiger partial charge is 0.0819 e. The van der Waals surface area contributed by atoms with E-state index in [2.05, 4.69) is 33.0 Å². The molecule has 18 heavy (non-hydrogen) atoms. The van der Waals surface area contributed by atoms with Crippen molar-refractivity contribution in [1.82, 2.24) is 5.32 Å². The molecule has 106 valence electrons. The number of ether oxygens (including phenoxy) is 1. The molecule has 0 atom stereocenters. The molecule has 1 spiro atoms. The van der Waals surface area contributed by atoms with E-state index in [0.29, 0.717) is 11.8 Å². The Morgan fingerprint density at radius 2 is 1.50 bits per heavy atom. The summed E-state index contributed by atoms with van der Waals surface area (Å²) in [5, 5.41) is 3.69. The highest BCUT2D eigenvalue weighted by Gasteiger charge is 2.47. The standard InChI is InChI=1S/C16H31NO/c1-13(2)9-16(10-14(3)4)12-17-11-15(18-16)7-5-6-8-15/h13-14,17H,5-12H2,1-4H3. The quantitative estimate of drug-likeness (QED) is 0.824. The van der Waals surface area contributed by atoms with Crippen molar-refractivity contribution < 1.29 is 4.74 Å². The molecule has 0 aromatic carbocycles. The Morgan fingerprint density at radius 3 is 2.00 bits per heavy atom. The van der Waals surface area contributed by atoms with E-state index in [1.165, 1.54) is 38.5 Å². The maximum Gasteiger partial charge on any atom is 0.0819 e. The molecule has 1 aliphatic carbocycles. The van der Waals surface area contributed by atoms with Crippen molar-refractivity contribution in [2.75, 3.05) is 13.1 Å². The van der Waals surface area contributed by atoms with Crippen LogP contribution in [0.1, 0.15) is 66.2 Å². The zero-order valence-corrected chi connectivity index (χ0v) is 12.7. The van der Waals surface area contributed by atoms with Crippen LogP contribution >= 0.6 is 0 Å². The number of rotatable bonds is 4. The fourth-order valence-corrected chi connectivity index (χ4v) is 4.15. The molecule has 0 amide bonds. The molecule has 1 heterocycles. The average molecular weight is 253 g/mol. The Morgan fingerprint density at radius 1 is 0.944 bits per heavy atom. The highest BCUT2D eigenvalue weighted by Crippen LogP contribution is 2.42. The average Bonchev–Trinajstić information content (AvgIpc) is 2.63. The molecule has 1 N–H and O–H groups in total. The van der Waals surface area contributed by atoms with Crippen molar-refractivity contribution in [3.63, 3.8) is 0 Å². The lowest BCUT2D eigenvalue weighted by Gasteiger charge is -2.49. The molecule has 0 bridgehead atoms. The molecule has 2 nitrogen and oxygen atoms in total. The molecule has 2 rings (SSSR count). The van der Waals surface area contributed by atoms with E-state index in [1.54, 1.807) is 0 Å². The summed E-state index contributed by atoms with van der Waals surface area (Å²) < 4.78 is 6.78. The van der Waals surface area contributed by atoms with Gasteiger partial charge in [0.2, 0.25) is 0 Å². The fourth-order valence-electron chi connectivity index (χ4n) is 4.15. The Bertz CT molecular complexity index is 256. The van der Waals surface area contributed by atoms with Crippen molar-refractivity contribution in [3.8, 4) is 0 Å². The molecule has 2 fully saturated rings. The summed E-state index contributed by atoms with van der Waals surface area (Å²) in [6.07, 6.45) is 7.61. The molecule has 0 radical (unpaired) electrons. The van der Waals surface area contributed by atoms with Crippen LogP contribution in [-0.4, -0.2) is 24.3 Å². The minimum Gasteiger partial charge on any atom is -0.366 e. The molecule has 2 aliphatic rings. The van der Waals surface area contributed by atoms with Gasteiger partial charge in [-0.3, -0.25) is 0 Å². The minimum atomic E-state index is 0.0882. The largest absolute Gasteiger partial charge is 0.366 e. The zero-order valence-electron chi connectivity index (χ0n) is 12.7. The van der Waals surface area contributed by atoms with E-state index < -0.39 is 0 Å². The van der Waals surface area contributed by atoms with Gasteiger partial charge in [0.1, 0.15) is 0 Å². The van der Waals surface area contributed by atoms with E-state index in [1.807, 2.05) is 0 Å². The lowest BCUT2D eigenvalue weighted by molar-refractivity contribution is -0.189. The van der Waals surface area contributed by atoms with E-state index in [0.717, 1.165) is 13.1 Å². The lowest BCUT2D eigenvalue weighted by atomic mass is 9.81. The summed E-state index contributed by atoms with van der Waals surface area (Å²) >= 11 is 0. The summed E-state index contributed by atoms with van der Waals surface area (Å²) in [4.78, 5) is 0. The van der Waals surface area contributed by atoms with Crippen LogP contribution in [-0.2, 0) is 4.74 Å². The SMILES string of the molecule is CC(C)CC1(CC(C)C)CNCC2(CCCC2)O1. The van der Waals surface area contributed by atoms with Gasteiger partial charge in [-0.05, 0) is 37.5 Å². The van der Waals surface area contributed by atoms with Gasteiger partial charge in [0.25, 0.3) is 0 Å². The summed E-state index contributed by atoms with van der Waals surface area (Å²) in [6.45, 7) is 11.4. The van der Waals surface area contributed by atoms with Crippen molar-refractivity contribution in [2.45, 2.75) is 77.4 Å². The van der Waals surface area contributed by atoms with Crippen molar-refractivity contribution in [2.24, 2.45) is 11.8 Å². The first kappa shape index (κ1) is 14.3. The van der Waals surface area contributed by atoms with Crippen LogP contribution in [0.15, 0.2) is 0 Å². The minimum absolute atomic E-state index is 0.0882. The zero-order chi connectivity index (χ0) is 13.2. The van der Waals surface area contributed by atoms with E-state index >= 15 is 0 Å². The van der Waals surface area contributed by atoms with Crippen LogP contribution in [0, 0.1) is 11.8 Å². The predicted molar refractivity (Wildman–Crippen MR) is 76.8 cm³/mol. The Labute approximate surface area is 113 Å². The van der Waals surface area contributed by atoms with Gasteiger partial charge in [0.05, 0.1) is 11.2 Å². The normalized spacial score (nSPS) is 26.3. The monoisotopic (exact) mass is 253 g/mol. The van der Waals surface area contributed by atoms with Crippen LogP contribution in [0.4, 0.5) is 0 Å². The second-order valence-corrected chi connectivity index (χ2v) is 7.47. The fraction of sp³-hybridized carbons (Fsp3) is 1.00. The van der Waals surface area contributed by atoms with Crippen LogP contribution in [0.25, 0.3) is 0 Å². The van der Waals surface area contributed by atoms with Gasteiger partial charge in [-0.1, -0.05) is 40.5 Å². The second kappa shape index (κ2) is 5.50. The molecular formula is C16H31NO. The molecule has 1 saturated heterocycles. The highest BCUT2D eigenvalue weighted by atomic mass is 16.5. The van der Waals surface area contributed by atoms with Gasteiger partial charge in [-0.15, -0.1) is 0 Å². The van der Waals surface area contributed by atoms with Crippen LogP contribution in [0.2, 0.25) is 0 Å². The molecule has 1 saturated carbocycles. The first-order valence-corrected chi connectivity index (χ1v) is 7.86. The Hall–Kier alpha value is -0.0800. The van der Waals surface area contributed by atoms with Crippen molar-refractivity contribution in [3.05, 3.63) is 0 Å². The van der Waals surface area contributed by atoms with E-state index in [4.69, 9.17) is 4.74 Å². The van der Waals surface area contributed by atoms with Gasteiger partial charge in [-0.25, -0.2) is 0 Å². The maximum absolute atomic E-state index is 6.78. The first-order chi connectivity index (χ1) is 8.45. The van der Waals surface area contributed by atoms with E-state index in [9.17, 15) is 0 Å². The van der Waals surface area contributed by atoms with Gasteiger partial charge in [0.15, 0.2) is 0 Å². The van der Waals surface area contributed by atoms with Gasteiger partial charge in [-0.2, -0.15) is 0 Å². The molecular weight excluding hydrogens is 222 g/mol. The van der Waals surface area contributed by atoms with Gasteiger partial charge >= 0.3 is 0 Å². The molecule has 0 aromatic rings. The Balaban J connectivity index is 2.12. The van der Waals surface area contributed by atoms with E-state index in [-0.39, 0.29) is 11.2 Å². The second-order valence-electron chi connectivity index (χ2n) is 7.47. The van der Waals surface area contributed by atoms with Crippen LogP contribution in [0.5, 0.6) is 0 Å². The van der Waals surface area contributed by atoms with Crippen LogP contribution in [0.3, 0.4) is 0 Å². The molecule has 1 aliphatic heterocycles. The summed E-state index contributed by atoms with van der Waals surface area (Å²) in [6, 6.07) is 0. The summed E-state index contributed by atoms with van der Waals surface area (Å²) in [7, 11) is 0.